The fraction of sp³-hybridized carbons (Fsp3) is 0.346. The van der Waals surface area contributed by atoms with E-state index >= 15 is 0 Å². The maximum absolute atomic E-state index is 13.8. The average molecular weight is 485 g/mol. The molecule has 0 fully saturated rings. The second-order valence-corrected chi connectivity index (χ2v) is 8.92. The normalized spacial score (nSPS) is 11.8. The number of carbonyl (C=O) groups is 3. The number of rotatable bonds is 9. The Hall–Kier alpha value is -3.26. The van der Waals surface area contributed by atoms with Crippen molar-refractivity contribution in [1.82, 2.24) is 9.47 Å². The minimum Gasteiger partial charge on any atom is -0.461 e. The molecule has 3 rings (SSSR count). The zero-order valence-electron chi connectivity index (χ0n) is 20.1. The molecule has 2 heterocycles. The molecular weight excluding hydrogens is 455 g/mol. The molecule has 3 aromatic rings. The van der Waals surface area contributed by atoms with Crippen LogP contribution in [0.4, 0.5) is 4.39 Å². The van der Waals surface area contributed by atoms with Gasteiger partial charge in [-0.3, -0.25) is 9.59 Å². The fourth-order valence-corrected chi connectivity index (χ4v) is 4.86. The molecule has 2 aromatic heterocycles. The molecule has 0 bridgehead atoms. The molecule has 0 radical (unpaired) electrons. The van der Waals surface area contributed by atoms with Gasteiger partial charge in [-0.15, -0.1) is 11.3 Å². The monoisotopic (exact) mass is 484 g/mol. The van der Waals surface area contributed by atoms with Crippen molar-refractivity contribution in [3.8, 4) is 0 Å². The lowest BCUT2D eigenvalue weighted by molar-refractivity contribution is 0.0512. The molecule has 8 heteroatoms. The van der Waals surface area contributed by atoms with Crippen LogP contribution in [0, 0.1) is 19.7 Å². The van der Waals surface area contributed by atoms with Crippen LogP contribution in [0.3, 0.4) is 0 Å². The third-order valence-electron chi connectivity index (χ3n) is 5.90. The van der Waals surface area contributed by atoms with Crippen LogP contribution in [0.1, 0.15) is 68.1 Å². The Kier molecular flexibility index (Phi) is 8.04. The Bertz CT molecular complexity index is 1180. The van der Waals surface area contributed by atoms with Gasteiger partial charge in [-0.2, -0.15) is 0 Å². The molecule has 0 unspecified atom stereocenters. The summed E-state index contributed by atoms with van der Waals surface area (Å²) in [6.07, 6.45) is 0. The second-order valence-electron chi connectivity index (χ2n) is 7.98. The number of amides is 1. The van der Waals surface area contributed by atoms with E-state index in [1.54, 1.807) is 61.9 Å². The van der Waals surface area contributed by atoms with Crippen LogP contribution in [0.25, 0.3) is 0 Å². The first-order chi connectivity index (χ1) is 16.2. The fourth-order valence-electron chi connectivity index (χ4n) is 4.18. The van der Waals surface area contributed by atoms with Crippen molar-refractivity contribution >= 4 is 29.0 Å². The summed E-state index contributed by atoms with van der Waals surface area (Å²) in [6.45, 7) is 9.71. The number of aromatic nitrogens is 1. The Morgan fingerprint density at radius 3 is 2.35 bits per heavy atom. The number of Topliss-reactive ketones (excluding diaryl/α,β-unsaturated/α-hetero) is 1. The van der Waals surface area contributed by atoms with Gasteiger partial charge in [-0.1, -0.05) is 18.2 Å². The quantitative estimate of drug-likeness (QED) is 0.301. The molecule has 0 saturated heterocycles. The van der Waals surface area contributed by atoms with E-state index in [0.717, 1.165) is 0 Å². The van der Waals surface area contributed by atoms with Gasteiger partial charge in [0.2, 0.25) is 0 Å². The number of ether oxygens (including phenoxy) is 1. The van der Waals surface area contributed by atoms with Crippen molar-refractivity contribution in [2.24, 2.45) is 0 Å². The van der Waals surface area contributed by atoms with Crippen LogP contribution in [0.5, 0.6) is 0 Å². The molecule has 6 nitrogen and oxygen atoms in total. The molecule has 0 aliphatic carbocycles. The van der Waals surface area contributed by atoms with E-state index in [0.29, 0.717) is 39.5 Å². The van der Waals surface area contributed by atoms with Gasteiger partial charge in [0, 0.05) is 24.3 Å². The number of esters is 1. The SMILES string of the molecule is CCOC(=O)c1c(C)c(C(=O)[C@@H](C)N(Cc2ccc(F)cc2)C(=O)c2cccs2)c(C)n1CC. The average Bonchev–Trinajstić information content (AvgIpc) is 3.44. The molecule has 0 aliphatic heterocycles. The smallest absolute Gasteiger partial charge is 0.355 e. The highest BCUT2D eigenvalue weighted by Gasteiger charge is 2.33. The summed E-state index contributed by atoms with van der Waals surface area (Å²) in [5.41, 5.74) is 2.68. The Labute approximate surface area is 203 Å². The van der Waals surface area contributed by atoms with E-state index in [2.05, 4.69) is 0 Å². The van der Waals surface area contributed by atoms with Crippen molar-refractivity contribution in [1.29, 1.82) is 0 Å². The Balaban J connectivity index is 2.03. The van der Waals surface area contributed by atoms with Gasteiger partial charge in [0.25, 0.3) is 5.91 Å². The molecule has 34 heavy (non-hydrogen) atoms. The number of hydrogen-bond donors (Lipinski definition) is 0. The standard InChI is InChI=1S/C26H29FN2O4S/c1-6-28-17(4)22(16(3)23(28)26(32)33-7-2)24(30)18(5)29(25(31)21-9-8-14-34-21)15-19-10-12-20(27)13-11-19/h8-14,18H,6-7,15H2,1-5H3/t18-/m1/s1. The molecular formula is C26H29FN2O4S. The lowest BCUT2D eigenvalue weighted by atomic mass is 9.99. The lowest BCUT2D eigenvalue weighted by Gasteiger charge is -2.28. The van der Waals surface area contributed by atoms with E-state index in [1.165, 1.54) is 28.4 Å². The summed E-state index contributed by atoms with van der Waals surface area (Å²) in [6, 6.07) is 8.54. The number of halogens is 1. The molecule has 0 spiro atoms. The molecule has 1 aromatic carbocycles. The highest BCUT2D eigenvalue weighted by Crippen LogP contribution is 2.27. The maximum Gasteiger partial charge on any atom is 0.355 e. The molecule has 180 valence electrons. The van der Waals surface area contributed by atoms with Crippen molar-refractivity contribution in [2.45, 2.75) is 53.8 Å². The van der Waals surface area contributed by atoms with Gasteiger partial charge < -0.3 is 14.2 Å². The number of ketones is 1. The summed E-state index contributed by atoms with van der Waals surface area (Å²) in [5, 5.41) is 1.80. The van der Waals surface area contributed by atoms with Crippen molar-refractivity contribution in [2.75, 3.05) is 6.61 Å². The van der Waals surface area contributed by atoms with Crippen LogP contribution in [-0.4, -0.2) is 39.8 Å². The van der Waals surface area contributed by atoms with E-state index in [9.17, 15) is 18.8 Å². The molecule has 0 aliphatic rings. The molecule has 1 amide bonds. The molecule has 0 N–H and O–H groups in total. The van der Waals surface area contributed by atoms with Gasteiger partial charge in [0.05, 0.1) is 17.5 Å². The zero-order valence-corrected chi connectivity index (χ0v) is 20.9. The van der Waals surface area contributed by atoms with Gasteiger partial charge in [0.1, 0.15) is 11.5 Å². The first-order valence-corrected chi connectivity index (χ1v) is 12.1. The summed E-state index contributed by atoms with van der Waals surface area (Å²) in [5.74, 6) is -1.40. The molecule has 0 saturated carbocycles. The number of carbonyl (C=O) groups excluding carboxylic acids is 3. The van der Waals surface area contributed by atoms with Crippen LogP contribution in [-0.2, 0) is 17.8 Å². The van der Waals surface area contributed by atoms with Crippen molar-refractivity contribution in [3.05, 3.63) is 80.6 Å². The third-order valence-corrected chi connectivity index (χ3v) is 6.76. The number of hydrogen-bond acceptors (Lipinski definition) is 5. The van der Waals surface area contributed by atoms with Gasteiger partial charge in [-0.25, -0.2) is 9.18 Å². The minimum atomic E-state index is -0.820. The maximum atomic E-state index is 13.8. The largest absolute Gasteiger partial charge is 0.461 e. The summed E-state index contributed by atoms with van der Waals surface area (Å²) in [7, 11) is 0. The van der Waals surface area contributed by atoms with Crippen LogP contribution >= 0.6 is 11.3 Å². The van der Waals surface area contributed by atoms with E-state index in [-0.39, 0.29) is 30.7 Å². The number of benzene rings is 1. The third kappa shape index (κ3) is 4.97. The van der Waals surface area contributed by atoms with Crippen molar-refractivity contribution < 1.29 is 23.5 Å². The summed E-state index contributed by atoms with van der Waals surface area (Å²) < 4.78 is 20.4. The first-order valence-electron chi connectivity index (χ1n) is 11.2. The number of nitrogens with zero attached hydrogens (tertiary/aromatic N) is 2. The van der Waals surface area contributed by atoms with Gasteiger partial charge in [-0.05, 0) is 69.3 Å². The van der Waals surface area contributed by atoms with E-state index in [4.69, 9.17) is 4.74 Å². The van der Waals surface area contributed by atoms with E-state index in [1.807, 2.05) is 6.92 Å². The Morgan fingerprint density at radius 1 is 1.12 bits per heavy atom. The van der Waals surface area contributed by atoms with Crippen LogP contribution < -0.4 is 0 Å². The number of thiophene rings is 1. The topological polar surface area (TPSA) is 68.6 Å². The Morgan fingerprint density at radius 2 is 1.79 bits per heavy atom. The van der Waals surface area contributed by atoms with Gasteiger partial charge >= 0.3 is 5.97 Å². The summed E-state index contributed by atoms with van der Waals surface area (Å²) >= 11 is 1.30. The predicted octanol–water partition coefficient (Wildman–Crippen LogP) is 5.42. The lowest BCUT2D eigenvalue weighted by Crippen LogP contribution is -2.43. The zero-order chi connectivity index (χ0) is 25.0. The second kappa shape index (κ2) is 10.8. The highest BCUT2D eigenvalue weighted by atomic mass is 32.1. The minimum absolute atomic E-state index is 0.140. The highest BCUT2D eigenvalue weighted by molar-refractivity contribution is 7.12. The van der Waals surface area contributed by atoms with Crippen molar-refractivity contribution in [3.63, 3.8) is 0 Å². The predicted molar refractivity (Wildman–Crippen MR) is 130 cm³/mol. The van der Waals surface area contributed by atoms with E-state index < -0.39 is 12.0 Å². The van der Waals surface area contributed by atoms with Crippen LogP contribution in [0.2, 0.25) is 0 Å². The summed E-state index contributed by atoms with van der Waals surface area (Å²) in [4.78, 5) is 41.8. The van der Waals surface area contributed by atoms with Gasteiger partial charge in [0.15, 0.2) is 5.78 Å². The van der Waals surface area contributed by atoms with Crippen LogP contribution in [0.15, 0.2) is 41.8 Å². The first kappa shape index (κ1) is 25.4. The molecule has 1 atom stereocenters.